The van der Waals surface area contributed by atoms with Gasteiger partial charge in [-0.3, -0.25) is 4.55 Å². The molecule has 0 fully saturated rings. The van der Waals surface area contributed by atoms with Gasteiger partial charge in [-0.1, -0.05) is 0 Å². The molecule has 0 saturated carbocycles. The maximum Gasteiger partial charge on any atom is 0.418 e. The lowest BCUT2D eigenvalue weighted by Crippen LogP contribution is -2.09. The van der Waals surface area contributed by atoms with Crippen LogP contribution < -0.4 is 0 Å². The number of nitroso groups, excluding NO2 is 1. The highest BCUT2D eigenvalue weighted by Gasteiger charge is 2.27. The maximum atomic E-state index is 9.70. The SMILES string of the molecule is O=NS(=O)(=O)S(=O)(=O)O. The van der Waals surface area contributed by atoms with Gasteiger partial charge >= 0.3 is 18.2 Å². The minimum atomic E-state index is -5.36. The van der Waals surface area contributed by atoms with Crippen LogP contribution in [0.3, 0.4) is 0 Å². The van der Waals surface area contributed by atoms with Crippen molar-refractivity contribution in [2.75, 3.05) is 0 Å². The Kier molecular flexibility index (Phi) is 1.88. The van der Waals surface area contributed by atoms with E-state index in [9.17, 15) is 16.8 Å². The van der Waals surface area contributed by atoms with E-state index in [-0.39, 0.29) is 0 Å². The van der Waals surface area contributed by atoms with E-state index in [1.54, 1.807) is 0 Å². The van der Waals surface area contributed by atoms with Crippen LogP contribution in [0.5, 0.6) is 0 Å². The molecule has 0 spiro atoms. The van der Waals surface area contributed by atoms with Crippen molar-refractivity contribution in [3.63, 3.8) is 0 Å². The van der Waals surface area contributed by atoms with E-state index in [2.05, 4.69) is 0 Å². The van der Waals surface area contributed by atoms with E-state index in [1.165, 1.54) is 4.58 Å². The van der Waals surface area contributed by atoms with E-state index in [0.29, 0.717) is 0 Å². The molecule has 0 saturated heterocycles. The molecular weight excluding hydrogens is 174 g/mol. The van der Waals surface area contributed by atoms with Crippen molar-refractivity contribution in [3.05, 3.63) is 4.91 Å². The molecule has 0 aromatic rings. The second-order valence-electron chi connectivity index (χ2n) is 0.930. The molecule has 0 radical (unpaired) electrons. The Labute approximate surface area is 49.9 Å². The van der Waals surface area contributed by atoms with Crippen LogP contribution in [0.25, 0.3) is 0 Å². The molecule has 0 aliphatic rings. The van der Waals surface area contributed by atoms with Gasteiger partial charge in [0.25, 0.3) is 0 Å². The molecule has 0 bridgehead atoms. The lowest BCUT2D eigenvalue weighted by Gasteiger charge is -1.83. The van der Waals surface area contributed by atoms with Crippen molar-refractivity contribution < 1.29 is 21.4 Å². The third kappa shape index (κ3) is 1.69. The first-order valence-corrected chi connectivity index (χ1v) is 4.78. The Morgan fingerprint density at radius 3 is 1.44 bits per heavy atom. The number of hydrogen-bond acceptors (Lipinski definition) is 5. The fourth-order valence-corrected chi connectivity index (χ4v) is 0.346. The second kappa shape index (κ2) is 2.01. The summed E-state index contributed by atoms with van der Waals surface area (Å²) in [5.41, 5.74) is 0. The Balaban J connectivity index is 5.33. The number of hydrogen-bond donors (Lipinski definition) is 1. The van der Waals surface area contributed by atoms with Gasteiger partial charge in [-0.25, -0.2) is 0 Å². The zero-order valence-corrected chi connectivity index (χ0v) is 5.39. The van der Waals surface area contributed by atoms with Crippen molar-refractivity contribution in [2.45, 2.75) is 0 Å². The highest BCUT2D eigenvalue weighted by molar-refractivity contribution is 8.64. The summed E-state index contributed by atoms with van der Waals surface area (Å²) in [5, 5.41) is 0. The molecular formula is HNO6S2. The van der Waals surface area contributed by atoms with E-state index in [1.807, 2.05) is 0 Å². The van der Waals surface area contributed by atoms with Crippen LogP contribution in [0.15, 0.2) is 4.58 Å². The van der Waals surface area contributed by atoms with Gasteiger partial charge in [0.1, 0.15) is 0 Å². The zero-order chi connectivity index (χ0) is 7.71. The Hall–Kier alpha value is -0.540. The van der Waals surface area contributed by atoms with Crippen molar-refractivity contribution >= 4 is 18.2 Å². The molecule has 0 aromatic carbocycles. The van der Waals surface area contributed by atoms with Crippen LogP contribution in [0.2, 0.25) is 0 Å². The summed E-state index contributed by atoms with van der Waals surface area (Å²) in [7, 11) is -10.6. The largest absolute Gasteiger partial charge is 0.418 e. The zero-order valence-electron chi connectivity index (χ0n) is 3.75. The van der Waals surface area contributed by atoms with Crippen molar-refractivity contribution in [1.29, 1.82) is 0 Å². The van der Waals surface area contributed by atoms with E-state index < -0.39 is 18.2 Å². The summed E-state index contributed by atoms with van der Waals surface area (Å²) >= 11 is 0. The molecule has 54 valence electrons. The monoisotopic (exact) mass is 175 g/mol. The van der Waals surface area contributed by atoms with E-state index in [4.69, 9.17) is 9.46 Å². The summed E-state index contributed by atoms with van der Waals surface area (Å²) in [6.07, 6.45) is 0. The van der Waals surface area contributed by atoms with Gasteiger partial charge < -0.3 is 0 Å². The maximum absolute atomic E-state index is 9.70. The molecule has 1 N–H and O–H groups in total. The average Bonchev–Trinajstić information content (AvgIpc) is 1.64. The molecule has 0 aliphatic heterocycles. The molecule has 9 heavy (non-hydrogen) atoms. The minimum absolute atomic E-state index is 1.18. The summed E-state index contributed by atoms with van der Waals surface area (Å²) in [6.45, 7) is 0. The van der Waals surface area contributed by atoms with Crippen molar-refractivity contribution in [3.8, 4) is 0 Å². The number of rotatable bonds is 2. The van der Waals surface area contributed by atoms with Crippen LogP contribution in [-0.4, -0.2) is 21.4 Å². The average molecular weight is 175 g/mol. The molecule has 0 unspecified atom stereocenters. The van der Waals surface area contributed by atoms with Crippen molar-refractivity contribution in [1.82, 2.24) is 0 Å². The number of nitrogens with zero attached hydrogens (tertiary/aromatic N) is 1. The second-order valence-corrected chi connectivity index (χ2v) is 5.32. The molecule has 7 nitrogen and oxygen atoms in total. The Morgan fingerprint density at radius 2 is 1.44 bits per heavy atom. The van der Waals surface area contributed by atoms with Crippen LogP contribution >= 0.6 is 0 Å². The molecule has 9 heteroatoms. The van der Waals surface area contributed by atoms with Crippen LogP contribution in [0.1, 0.15) is 0 Å². The predicted octanol–water partition coefficient (Wildman–Crippen LogP) is -1.11. The summed E-state index contributed by atoms with van der Waals surface area (Å²) < 4.78 is 47.3. The first kappa shape index (κ1) is 8.46. The van der Waals surface area contributed by atoms with Crippen LogP contribution in [-0.2, 0) is 18.2 Å². The fraction of sp³-hybridized carbons (Fsp3) is 0. The topological polar surface area (TPSA) is 118 Å². The fourth-order valence-electron chi connectivity index (χ4n) is 0.0385. The van der Waals surface area contributed by atoms with Gasteiger partial charge in [0.05, 0.1) is 4.58 Å². The smallest absolute Gasteiger partial charge is 0.272 e. The van der Waals surface area contributed by atoms with Gasteiger partial charge in [-0.2, -0.15) is 16.8 Å². The normalized spacial score (nSPS) is 13.0. The predicted molar refractivity (Wildman–Crippen MR) is 26.3 cm³/mol. The summed E-state index contributed by atoms with van der Waals surface area (Å²) in [4.78, 5) is 9.10. The van der Waals surface area contributed by atoms with Crippen molar-refractivity contribution in [2.24, 2.45) is 4.58 Å². The molecule has 0 rings (SSSR count). The lowest BCUT2D eigenvalue weighted by molar-refractivity contribution is 0.493. The van der Waals surface area contributed by atoms with Gasteiger partial charge in [-0.15, -0.1) is 4.91 Å². The van der Waals surface area contributed by atoms with Crippen LogP contribution in [0.4, 0.5) is 0 Å². The summed E-state index contributed by atoms with van der Waals surface area (Å²) in [5.74, 6) is 0. The minimum Gasteiger partial charge on any atom is -0.272 e. The lowest BCUT2D eigenvalue weighted by atomic mass is 13.7. The van der Waals surface area contributed by atoms with Gasteiger partial charge in [0, 0.05) is 0 Å². The quantitative estimate of drug-likeness (QED) is 0.323. The van der Waals surface area contributed by atoms with Gasteiger partial charge in [0.15, 0.2) is 0 Å². The first-order valence-electron chi connectivity index (χ1n) is 1.38. The summed E-state index contributed by atoms with van der Waals surface area (Å²) in [6, 6.07) is 0. The Morgan fingerprint density at radius 1 is 1.11 bits per heavy atom. The molecule has 0 atom stereocenters. The highest BCUT2D eigenvalue weighted by Crippen LogP contribution is 1.98. The van der Waals surface area contributed by atoms with E-state index in [0.717, 1.165) is 0 Å². The van der Waals surface area contributed by atoms with Gasteiger partial charge in [-0.05, 0) is 0 Å². The Bertz CT molecular complexity index is 290. The van der Waals surface area contributed by atoms with Gasteiger partial charge in [0.2, 0.25) is 0 Å². The standard InChI is InChI=1S/HNO6S2/c2-1-8(3,4)9(5,6)7/h(H,5,6,7). The van der Waals surface area contributed by atoms with E-state index >= 15 is 0 Å². The third-order valence-electron chi connectivity index (χ3n) is 0.357. The highest BCUT2D eigenvalue weighted by atomic mass is 33.2. The first-order chi connectivity index (χ1) is 3.81. The van der Waals surface area contributed by atoms with Crippen LogP contribution in [0, 0.1) is 4.91 Å². The third-order valence-corrected chi connectivity index (χ3v) is 2.85. The molecule has 0 amide bonds. The molecule has 0 aromatic heterocycles. The molecule has 0 aliphatic carbocycles. The molecule has 0 heterocycles.